The standard InChI is InChI=1S/C9H14N2O3/c1-2-4-14-9(12)11-3-5-13-8(6-10)7-11/h8H,2-5,7H2,1H3. The Balaban J connectivity index is 2.36. The van der Waals surface area contributed by atoms with Crippen molar-refractivity contribution >= 4 is 6.09 Å². The second kappa shape index (κ2) is 5.45. The zero-order valence-electron chi connectivity index (χ0n) is 8.23. The first-order valence-electron chi connectivity index (χ1n) is 4.71. The molecule has 78 valence electrons. The van der Waals surface area contributed by atoms with Gasteiger partial charge in [0.05, 0.1) is 25.8 Å². The third kappa shape index (κ3) is 2.89. The van der Waals surface area contributed by atoms with E-state index in [1.165, 1.54) is 4.90 Å². The molecule has 1 fully saturated rings. The van der Waals surface area contributed by atoms with Crippen molar-refractivity contribution in [3.63, 3.8) is 0 Å². The number of hydrogen-bond donors (Lipinski definition) is 0. The zero-order valence-corrected chi connectivity index (χ0v) is 8.23. The van der Waals surface area contributed by atoms with Gasteiger partial charge in [0.15, 0.2) is 6.10 Å². The molecule has 0 bridgehead atoms. The fourth-order valence-electron chi connectivity index (χ4n) is 1.17. The predicted molar refractivity (Wildman–Crippen MR) is 48.6 cm³/mol. The third-order valence-corrected chi connectivity index (χ3v) is 1.90. The highest BCUT2D eigenvalue weighted by atomic mass is 16.6. The summed E-state index contributed by atoms with van der Waals surface area (Å²) in [6.07, 6.45) is -0.0640. The lowest BCUT2D eigenvalue weighted by atomic mass is 10.3. The van der Waals surface area contributed by atoms with E-state index in [0.29, 0.717) is 26.3 Å². The van der Waals surface area contributed by atoms with Crippen LogP contribution >= 0.6 is 0 Å². The maximum atomic E-state index is 11.4. The van der Waals surface area contributed by atoms with Crippen LogP contribution in [0.3, 0.4) is 0 Å². The largest absolute Gasteiger partial charge is 0.449 e. The van der Waals surface area contributed by atoms with Gasteiger partial charge in [-0.1, -0.05) is 6.92 Å². The summed E-state index contributed by atoms with van der Waals surface area (Å²) in [7, 11) is 0. The van der Waals surface area contributed by atoms with Gasteiger partial charge in [0.25, 0.3) is 0 Å². The molecule has 0 aromatic heterocycles. The lowest BCUT2D eigenvalue weighted by Crippen LogP contribution is -2.45. The lowest BCUT2D eigenvalue weighted by Gasteiger charge is -2.28. The minimum Gasteiger partial charge on any atom is -0.449 e. The molecule has 0 radical (unpaired) electrons. The molecule has 0 spiro atoms. The highest BCUT2D eigenvalue weighted by molar-refractivity contribution is 5.67. The van der Waals surface area contributed by atoms with Crippen molar-refractivity contribution in [3.05, 3.63) is 0 Å². The van der Waals surface area contributed by atoms with Crippen LogP contribution in [0.25, 0.3) is 0 Å². The van der Waals surface area contributed by atoms with Gasteiger partial charge in [0.1, 0.15) is 0 Å². The van der Waals surface area contributed by atoms with Gasteiger partial charge in [-0.25, -0.2) is 4.79 Å². The molecule has 0 aliphatic carbocycles. The molecule has 1 atom stereocenters. The summed E-state index contributed by atoms with van der Waals surface area (Å²) < 4.78 is 10.0. The number of nitrogens with zero attached hydrogens (tertiary/aromatic N) is 2. The van der Waals surface area contributed by atoms with E-state index >= 15 is 0 Å². The number of hydrogen-bond acceptors (Lipinski definition) is 4. The second-order valence-electron chi connectivity index (χ2n) is 3.05. The molecule has 1 unspecified atom stereocenters. The van der Waals surface area contributed by atoms with Crippen LogP contribution < -0.4 is 0 Å². The Morgan fingerprint density at radius 1 is 1.79 bits per heavy atom. The molecule has 1 saturated heterocycles. The fraction of sp³-hybridized carbons (Fsp3) is 0.778. The van der Waals surface area contributed by atoms with E-state index in [1.807, 2.05) is 13.0 Å². The van der Waals surface area contributed by atoms with E-state index in [9.17, 15) is 4.79 Å². The Morgan fingerprint density at radius 2 is 2.57 bits per heavy atom. The molecular weight excluding hydrogens is 184 g/mol. The van der Waals surface area contributed by atoms with E-state index in [0.717, 1.165) is 6.42 Å². The van der Waals surface area contributed by atoms with E-state index in [-0.39, 0.29) is 6.09 Å². The maximum Gasteiger partial charge on any atom is 0.409 e. The molecule has 0 aromatic carbocycles. The number of amides is 1. The van der Waals surface area contributed by atoms with Crippen LogP contribution in [0, 0.1) is 11.3 Å². The summed E-state index contributed by atoms with van der Waals surface area (Å²) in [5.74, 6) is 0. The van der Waals surface area contributed by atoms with Crippen LogP contribution in [-0.4, -0.2) is 43.4 Å². The first-order valence-corrected chi connectivity index (χ1v) is 4.71. The Bertz CT molecular complexity index is 237. The van der Waals surface area contributed by atoms with E-state index in [1.54, 1.807) is 0 Å². The van der Waals surface area contributed by atoms with E-state index in [2.05, 4.69) is 0 Å². The van der Waals surface area contributed by atoms with Gasteiger partial charge in [-0.15, -0.1) is 0 Å². The summed E-state index contributed by atoms with van der Waals surface area (Å²) in [6.45, 7) is 3.57. The van der Waals surface area contributed by atoms with Gasteiger partial charge in [0.2, 0.25) is 0 Å². The first-order chi connectivity index (χ1) is 6.77. The van der Waals surface area contributed by atoms with Crippen LogP contribution in [-0.2, 0) is 9.47 Å². The Labute approximate surface area is 83.2 Å². The molecular formula is C9H14N2O3. The smallest absolute Gasteiger partial charge is 0.409 e. The number of nitriles is 1. The van der Waals surface area contributed by atoms with Crippen LogP contribution in [0.5, 0.6) is 0 Å². The summed E-state index contributed by atoms with van der Waals surface area (Å²) in [6, 6.07) is 1.97. The van der Waals surface area contributed by atoms with Gasteiger partial charge in [-0.05, 0) is 6.42 Å². The van der Waals surface area contributed by atoms with Crippen molar-refractivity contribution in [1.29, 1.82) is 5.26 Å². The average Bonchev–Trinajstić information content (AvgIpc) is 2.26. The van der Waals surface area contributed by atoms with Gasteiger partial charge in [-0.3, -0.25) is 0 Å². The molecule has 1 amide bonds. The number of ether oxygens (including phenoxy) is 2. The van der Waals surface area contributed by atoms with Gasteiger partial charge >= 0.3 is 6.09 Å². The van der Waals surface area contributed by atoms with Crippen molar-refractivity contribution in [2.24, 2.45) is 0 Å². The van der Waals surface area contributed by atoms with Crippen molar-refractivity contribution in [1.82, 2.24) is 4.90 Å². The monoisotopic (exact) mass is 198 g/mol. The van der Waals surface area contributed by atoms with E-state index in [4.69, 9.17) is 14.7 Å². The number of morpholine rings is 1. The van der Waals surface area contributed by atoms with Crippen LogP contribution in [0.2, 0.25) is 0 Å². The molecule has 1 aliphatic heterocycles. The third-order valence-electron chi connectivity index (χ3n) is 1.90. The highest BCUT2D eigenvalue weighted by Crippen LogP contribution is 2.05. The summed E-state index contributed by atoms with van der Waals surface area (Å²) in [5, 5.41) is 8.61. The quantitative estimate of drug-likeness (QED) is 0.657. The molecule has 5 heteroatoms. The van der Waals surface area contributed by atoms with Crippen molar-refractivity contribution in [2.45, 2.75) is 19.4 Å². The lowest BCUT2D eigenvalue weighted by molar-refractivity contribution is -0.00198. The molecule has 1 heterocycles. The molecule has 14 heavy (non-hydrogen) atoms. The van der Waals surface area contributed by atoms with Crippen molar-refractivity contribution < 1.29 is 14.3 Å². The molecule has 1 aliphatic rings. The number of rotatable bonds is 2. The van der Waals surface area contributed by atoms with Crippen molar-refractivity contribution in [2.75, 3.05) is 26.3 Å². The number of carbonyl (C=O) groups is 1. The maximum absolute atomic E-state index is 11.4. The normalized spacial score (nSPS) is 21.4. The summed E-state index contributed by atoms with van der Waals surface area (Å²) >= 11 is 0. The SMILES string of the molecule is CCCOC(=O)N1CCOC(C#N)C1. The van der Waals surface area contributed by atoms with Crippen LogP contribution in [0.4, 0.5) is 4.79 Å². The molecule has 1 rings (SSSR count). The fourth-order valence-corrected chi connectivity index (χ4v) is 1.17. The van der Waals surface area contributed by atoms with Crippen molar-refractivity contribution in [3.8, 4) is 6.07 Å². The van der Waals surface area contributed by atoms with Gasteiger partial charge in [0, 0.05) is 6.54 Å². The average molecular weight is 198 g/mol. The summed E-state index contributed by atoms with van der Waals surface area (Å²) in [4.78, 5) is 12.9. The highest BCUT2D eigenvalue weighted by Gasteiger charge is 2.24. The van der Waals surface area contributed by atoms with Crippen LogP contribution in [0.1, 0.15) is 13.3 Å². The van der Waals surface area contributed by atoms with Crippen LogP contribution in [0.15, 0.2) is 0 Å². The summed E-state index contributed by atoms with van der Waals surface area (Å²) in [5.41, 5.74) is 0. The second-order valence-corrected chi connectivity index (χ2v) is 3.05. The molecule has 0 aromatic rings. The Kier molecular flexibility index (Phi) is 4.20. The minimum atomic E-state index is -0.516. The molecule has 5 nitrogen and oxygen atoms in total. The first kappa shape index (κ1) is 10.8. The molecule has 0 saturated carbocycles. The van der Waals surface area contributed by atoms with Gasteiger partial charge < -0.3 is 14.4 Å². The number of carbonyl (C=O) groups excluding carboxylic acids is 1. The zero-order chi connectivity index (χ0) is 10.4. The Hall–Kier alpha value is -1.28. The predicted octanol–water partition coefficient (Wildman–Crippen LogP) is 0.757. The molecule has 0 N–H and O–H groups in total. The van der Waals surface area contributed by atoms with Gasteiger partial charge in [-0.2, -0.15) is 5.26 Å². The Morgan fingerprint density at radius 3 is 3.21 bits per heavy atom. The topological polar surface area (TPSA) is 62.6 Å². The van der Waals surface area contributed by atoms with E-state index < -0.39 is 6.10 Å². The minimum absolute atomic E-state index is 0.305.